The first kappa shape index (κ1) is 9.22. The van der Waals surface area contributed by atoms with Crippen LogP contribution in [0, 0.1) is 0 Å². The van der Waals surface area contributed by atoms with Crippen LogP contribution < -0.4 is 0 Å². The molecule has 0 unspecified atom stereocenters. The maximum absolute atomic E-state index is 11.2. The minimum absolute atomic E-state index is 0.109. The SMILES string of the molecule is C=CS(=O)(=O)c1ncccc1Cl. The van der Waals surface area contributed by atoms with Gasteiger partial charge in [0.05, 0.1) is 5.02 Å². The van der Waals surface area contributed by atoms with Crippen LogP contribution in [0.4, 0.5) is 0 Å². The van der Waals surface area contributed by atoms with Gasteiger partial charge in [-0.05, 0) is 12.1 Å². The van der Waals surface area contributed by atoms with E-state index < -0.39 is 9.84 Å². The van der Waals surface area contributed by atoms with E-state index in [0.29, 0.717) is 0 Å². The lowest BCUT2D eigenvalue weighted by Crippen LogP contribution is -1.99. The van der Waals surface area contributed by atoms with Crippen LogP contribution in [0.1, 0.15) is 0 Å². The van der Waals surface area contributed by atoms with Crippen molar-refractivity contribution in [2.45, 2.75) is 5.03 Å². The Balaban J connectivity index is 3.39. The van der Waals surface area contributed by atoms with Gasteiger partial charge in [0, 0.05) is 11.6 Å². The van der Waals surface area contributed by atoms with E-state index in [4.69, 9.17) is 11.6 Å². The van der Waals surface area contributed by atoms with Crippen LogP contribution in [0.25, 0.3) is 0 Å². The molecular formula is C7H6ClNO2S. The number of nitrogens with zero attached hydrogens (tertiary/aromatic N) is 1. The molecule has 1 aromatic rings. The summed E-state index contributed by atoms with van der Waals surface area (Å²) in [6, 6.07) is 3.02. The van der Waals surface area contributed by atoms with Crippen molar-refractivity contribution in [3.05, 3.63) is 35.3 Å². The minimum Gasteiger partial charge on any atom is -0.243 e. The van der Waals surface area contributed by atoms with E-state index in [1.807, 2.05) is 0 Å². The van der Waals surface area contributed by atoms with Crippen LogP contribution in [0.15, 0.2) is 35.3 Å². The fourth-order valence-electron chi connectivity index (χ4n) is 0.659. The lowest BCUT2D eigenvalue weighted by Gasteiger charge is -1.98. The number of rotatable bonds is 2. The highest BCUT2D eigenvalue weighted by Gasteiger charge is 2.14. The van der Waals surface area contributed by atoms with Gasteiger partial charge in [-0.2, -0.15) is 0 Å². The number of hydrogen-bond donors (Lipinski definition) is 0. The summed E-state index contributed by atoms with van der Waals surface area (Å²) in [7, 11) is -3.51. The second-order valence-electron chi connectivity index (χ2n) is 2.00. The highest BCUT2D eigenvalue weighted by molar-refractivity contribution is 7.94. The lowest BCUT2D eigenvalue weighted by molar-refractivity contribution is 0.601. The van der Waals surface area contributed by atoms with Crippen molar-refractivity contribution in [2.75, 3.05) is 0 Å². The molecule has 12 heavy (non-hydrogen) atoms. The number of halogens is 1. The van der Waals surface area contributed by atoms with Crippen molar-refractivity contribution in [3.8, 4) is 0 Å². The van der Waals surface area contributed by atoms with E-state index in [9.17, 15) is 8.42 Å². The Morgan fingerprint density at radius 1 is 1.58 bits per heavy atom. The van der Waals surface area contributed by atoms with Crippen LogP contribution >= 0.6 is 11.6 Å². The third kappa shape index (κ3) is 1.65. The maximum Gasteiger partial charge on any atom is 0.217 e. The van der Waals surface area contributed by atoms with Crippen LogP contribution in [-0.4, -0.2) is 13.4 Å². The number of pyridine rings is 1. The fourth-order valence-corrected chi connectivity index (χ4v) is 1.81. The molecule has 0 aliphatic rings. The van der Waals surface area contributed by atoms with Crippen molar-refractivity contribution < 1.29 is 8.42 Å². The molecule has 1 rings (SSSR count). The van der Waals surface area contributed by atoms with Gasteiger partial charge in [0.25, 0.3) is 0 Å². The maximum atomic E-state index is 11.2. The van der Waals surface area contributed by atoms with E-state index in [0.717, 1.165) is 5.41 Å². The van der Waals surface area contributed by atoms with Crippen LogP contribution in [0.5, 0.6) is 0 Å². The molecule has 0 saturated carbocycles. The second-order valence-corrected chi connectivity index (χ2v) is 4.22. The van der Waals surface area contributed by atoms with E-state index in [-0.39, 0.29) is 10.0 Å². The molecule has 0 aromatic carbocycles. The van der Waals surface area contributed by atoms with Gasteiger partial charge in [-0.15, -0.1) is 0 Å². The summed E-state index contributed by atoms with van der Waals surface area (Å²) in [4.78, 5) is 3.63. The molecule has 0 bridgehead atoms. The molecule has 1 aromatic heterocycles. The molecule has 0 radical (unpaired) electrons. The Labute approximate surface area is 75.6 Å². The summed E-state index contributed by atoms with van der Waals surface area (Å²) >= 11 is 5.60. The van der Waals surface area contributed by atoms with Gasteiger partial charge in [-0.25, -0.2) is 13.4 Å². The van der Waals surface area contributed by atoms with Gasteiger partial charge in [0.15, 0.2) is 5.03 Å². The molecule has 1 heterocycles. The molecule has 0 aliphatic heterocycles. The largest absolute Gasteiger partial charge is 0.243 e. The molecule has 0 saturated heterocycles. The summed E-state index contributed by atoms with van der Waals surface area (Å²) in [5, 5.41) is 0.778. The molecule has 3 nitrogen and oxygen atoms in total. The molecular weight excluding hydrogens is 198 g/mol. The topological polar surface area (TPSA) is 47.0 Å². The van der Waals surface area contributed by atoms with Gasteiger partial charge in [0.2, 0.25) is 9.84 Å². The van der Waals surface area contributed by atoms with Gasteiger partial charge in [0.1, 0.15) is 0 Å². The average molecular weight is 204 g/mol. The van der Waals surface area contributed by atoms with E-state index in [1.165, 1.54) is 12.3 Å². The van der Waals surface area contributed by atoms with Crippen LogP contribution in [0.3, 0.4) is 0 Å². The average Bonchev–Trinajstić information content (AvgIpc) is 2.05. The van der Waals surface area contributed by atoms with E-state index >= 15 is 0 Å². The highest BCUT2D eigenvalue weighted by atomic mass is 35.5. The molecule has 0 aliphatic carbocycles. The smallest absolute Gasteiger partial charge is 0.217 e. The summed E-state index contributed by atoms with van der Waals surface area (Å²) in [6.45, 7) is 3.16. The third-order valence-electron chi connectivity index (χ3n) is 1.21. The summed E-state index contributed by atoms with van der Waals surface area (Å²) in [5.41, 5.74) is 0. The molecule has 0 amide bonds. The zero-order chi connectivity index (χ0) is 9.19. The Hall–Kier alpha value is -0.870. The third-order valence-corrected chi connectivity index (χ3v) is 2.93. The van der Waals surface area contributed by atoms with Gasteiger partial charge >= 0.3 is 0 Å². The Morgan fingerprint density at radius 3 is 2.75 bits per heavy atom. The quantitative estimate of drug-likeness (QED) is 0.735. The Bertz CT molecular complexity index is 400. The zero-order valence-electron chi connectivity index (χ0n) is 6.07. The summed E-state index contributed by atoms with van der Waals surface area (Å²) in [6.07, 6.45) is 1.36. The van der Waals surface area contributed by atoms with Crippen molar-refractivity contribution in [1.82, 2.24) is 4.98 Å². The highest BCUT2D eigenvalue weighted by Crippen LogP contribution is 2.18. The molecule has 0 spiro atoms. The minimum atomic E-state index is -3.51. The Morgan fingerprint density at radius 2 is 2.25 bits per heavy atom. The number of hydrogen-bond acceptors (Lipinski definition) is 3. The van der Waals surface area contributed by atoms with Gasteiger partial charge < -0.3 is 0 Å². The predicted octanol–water partition coefficient (Wildman–Crippen LogP) is 1.65. The first-order chi connectivity index (χ1) is 5.58. The summed E-state index contributed by atoms with van der Waals surface area (Å²) < 4.78 is 22.3. The molecule has 0 fully saturated rings. The van der Waals surface area contributed by atoms with Gasteiger partial charge in [-0.3, -0.25) is 0 Å². The fraction of sp³-hybridized carbons (Fsp3) is 0. The molecule has 0 N–H and O–H groups in total. The number of sulfone groups is 1. The summed E-state index contributed by atoms with van der Waals surface area (Å²) in [5.74, 6) is 0. The monoisotopic (exact) mass is 203 g/mol. The lowest BCUT2D eigenvalue weighted by atomic mass is 10.5. The normalized spacial score (nSPS) is 11.1. The van der Waals surface area contributed by atoms with Crippen LogP contribution in [-0.2, 0) is 9.84 Å². The van der Waals surface area contributed by atoms with Crippen molar-refractivity contribution in [1.29, 1.82) is 0 Å². The standard InChI is InChI=1S/C7H6ClNO2S/c1-2-12(10,11)7-6(8)4-3-5-9-7/h2-5H,1H2. The van der Waals surface area contributed by atoms with E-state index in [2.05, 4.69) is 11.6 Å². The zero-order valence-corrected chi connectivity index (χ0v) is 7.64. The second kappa shape index (κ2) is 3.25. The molecule has 5 heteroatoms. The van der Waals surface area contributed by atoms with Gasteiger partial charge in [-0.1, -0.05) is 18.2 Å². The number of aromatic nitrogens is 1. The predicted molar refractivity (Wildman–Crippen MR) is 46.6 cm³/mol. The first-order valence-electron chi connectivity index (χ1n) is 3.06. The molecule has 64 valence electrons. The molecule has 0 atom stereocenters. The first-order valence-corrected chi connectivity index (χ1v) is 4.98. The van der Waals surface area contributed by atoms with Crippen molar-refractivity contribution in [2.24, 2.45) is 0 Å². The van der Waals surface area contributed by atoms with Crippen LogP contribution in [0.2, 0.25) is 5.02 Å². The Kier molecular flexibility index (Phi) is 2.49. The van der Waals surface area contributed by atoms with Crippen molar-refractivity contribution in [3.63, 3.8) is 0 Å². The van der Waals surface area contributed by atoms with Crippen molar-refractivity contribution >= 4 is 21.4 Å². The van der Waals surface area contributed by atoms with E-state index in [1.54, 1.807) is 6.07 Å².